The summed E-state index contributed by atoms with van der Waals surface area (Å²) in [6, 6.07) is 13.1. The van der Waals surface area contributed by atoms with Crippen LogP contribution < -0.4 is 10.6 Å². The van der Waals surface area contributed by atoms with Gasteiger partial charge in [-0.15, -0.1) is 0 Å². The Hall–Kier alpha value is -3.71. The van der Waals surface area contributed by atoms with Crippen molar-refractivity contribution in [1.82, 2.24) is 29.7 Å². The number of imidazole rings is 1. The van der Waals surface area contributed by atoms with E-state index < -0.39 is 0 Å². The van der Waals surface area contributed by atoms with Crippen molar-refractivity contribution in [2.45, 2.75) is 25.3 Å². The molecule has 0 saturated carbocycles. The van der Waals surface area contributed by atoms with Crippen LogP contribution in [0.3, 0.4) is 0 Å². The highest BCUT2D eigenvalue weighted by Gasteiger charge is 2.46. The molecule has 0 amide bonds. The van der Waals surface area contributed by atoms with E-state index in [0.717, 1.165) is 66.1 Å². The minimum absolute atomic E-state index is 0.205. The summed E-state index contributed by atoms with van der Waals surface area (Å²) < 4.78 is 2.09. The van der Waals surface area contributed by atoms with Gasteiger partial charge in [0.05, 0.1) is 11.4 Å². The van der Waals surface area contributed by atoms with E-state index in [2.05, 4.69) is 49.3 Å². The second kappa shape index (κ2) is 7.15. The molecule has 1 spiro atoms. The standard InChI is InChI=1S/C26H25N7/c1-2-4-19-18(3-1)15-26(7-11-28-12-8-26)22(19)31-25-32-23-21(24-29-13-14-33(24)25)20(16-30-23)17-5-9-27-10-6-17/h1-6,9-10,13-14,16,22,28,30H,7-8,11-12,15H2,(H,31,32)/t22-/m1/s1. The molecule has 1 aromatic carbocycles. The number of piperidine rings is 1. The summed E-state index contributed by atoms with van der Waals surface area (Å²) in [4.78, 5) is 17.3. The fourth-order valence-electron chi connectivity index (χ4n) is 5.95. The van der Waals surface area contributed by atoms with Crippen LogP contribution in [0.15, 0.2) is 67.4 Å². The predicted octanol–water partition coefficient (Wildman–Crippen LogP) is 4.35. The van der Waals surface area contributed by atoms with Gasteiger partial charge in [0, 0.05) is 42.0 Å². The Morgan fingerprint density at radius 3 is 2.76 bits per heavy atom. The Kier molecular flexibility index (Phi) is 4.08. The van der Waals surface area contributed by atoms with Crippen molar-refractivity contribution < 1.29 is 0 Å². The number of fused-ring (bicyclic) bond motifs is 4. The summed E-state index contributed by atoms with van der Waals surface area (Å²) >= 11 is 0. The van der Waals surface area contributed by atoms with Crippen molar-refractivity contribution in [3.63, 3.8) is 0 Å². The summed E-state index contributed by atoms with van der Waals surface area (Å²) in [5.74, 6) is 0.831. The normalized spacial score (nSPS) is 19.3. The fourth-order valence-corrected chi connectivity index (χ4v) is 5.95. The van der Waals surface area contributed by atoms with E-state index >= 15 is 0 Å². The van der Waals surface area contributed by atoms with Crippen molar-refractivity contribution in [2.75, 3.05) is 18.4 Å². The molecule has 1 aliphatic carbocycles. The van der Waals surface area contributed by atoms with E-state index in [0.29, 0.717) is 0 Å². The third kappa shape index (κ3) is 2.82. The van der Waals surface area contributed by atoms with Crippen molar-refractivity contribution >= 4 is 22.6 Å². The van der Waals surface area contributed by atoms with Gasteiger partial charge in [0.25, 0.3) is 0 Å². The van der Waals surface area contributed by atoms with E-state index in [-0.39, 0.29) is 11.5 Å². The quantitative estimate of drug-likeness (QED) is 0.392. The summed E-state index contributed by atoms with van der Waals surface area (Å²) in [7, 11) is 0. The van der Waals surface area contributed by atoms with Crippen molar-refractivity contribution in [1.29, 1.82) is 0 Å². The lowest BCUT2D eigenvalue weighted by Crippen LogP contribution is -2.41. The maximum atomic E-state index is 5.06. The van der Waals surface area contributed by atoms with Crippen LogP contribution in [0.2, 0.25) is 0 Å². The Balaban J connectivity index is 1.37. The first-order valence-corrected chi connectivity index (χ1v) is 11.6. The molecule has 2 aliphatic rings. The van der Waals surface area contributed by atoms with Crippen LogP contribution in [-0.4, -0.2) is 37.4 Å². The van der Waals surface area contributed by atoms with Gasteiger partial charge in [-0.05, 0) is 61.2 Å². The summed E-state index contributed by atoms with van der Waals surface area (Å²) in [5.41, 5.74) is 7.00. The van der Waals surface area contributed by atoms with E-state index in [1.54, 1.807) is 0 Å². The highest BCUT2D eigenvalue weighted by molar-refractivity contribution is 6.03. The minimum atomic E-state index is 0.205. The van der Waals surface area contributed by atoms with Crippen LogP contribution in [0, 0.1) is 5.41 Å². The van der Waals surface area contributed by atoms with Crippen LogP contribution in [0.5, 0.6) is 0 Å². The predicted molar refractivity (Wildman–Crippen MR) is 129 cm³/mol. The van der Waals surface area contributed by atoms with Crippen molar-refractivity contribution in [2.24, 2.45) is 5.41 Å². The van der Waals surface area contributed by atoms with Crippen LogP contribution in [-0.2, 0) is 6.42 Å². The Bertz CT molecular complexity index is 1460. The molecule has 164 valence electrons. The summed E-state index contributed by atoms with van der Waals surface area (Å²) in [6.45, 7) is 2.12. The highest BCUT2D eigenvalue weighted by atomic mass is 15.2. The van der Waals surface area contributed by atoms with Gasteiger partial charge < -0.3 is 15.6 Å². The van der Waals surface area contributed by atoms with E-state index in [1.165, 1.54) is 11.1 Å². The molecule has 5 aromatic rings. The van der Waals surface area contributed by atoms with Gasteiger partial charge in [-0.25, -0.2) is 4.98 Å². The molecule has 0 bridgehead atoms. The van der Waals surface area contributed by atoms with Gasteiger partial charge >= 0.3 is 0 Å². The number of nitrogens with zero attached hydrogens (tertiary/aromatic N) is 4. The first-order valence-electron chi connectivity index (χ1n) is 11.6. The molecular weight excluding hydrogens is 410 g/mol. The SMILES string of the molecule is c1ccc2c(c1)CC1(CCNCC1)[C@@H]2Nc1nc2[nH]cc(-c3ccncc3)c2c2nccn12. The Morgan fingerprint density at radius 2 is 1.88 bits per heavy atom. The van der Waals surface area contributed by atoms with E-state index in [9.17, 15) is 0 Å². The number of pyridine rings is 1. The monoisotopic (exact) mass is 435 g/mol. The third-order valence-electron chi connectivity index (χ3n) is 7.55. The lowest BCUT2D eigenvalue weighted by Gasteiger charge is -2.40. The molecule has 7 heteroatoms. The van der Waals surface area contributed by atoms with Gasteiger partial charge in [-0.2, -0.15) is 4.98 Å². The number of hydrogen-bond donors (Lipinski definition) is 3. The van der Waals surface area contributed by atoms with Crippen LogP contribution in [0.1, 0.15) is 30.0 Å². The lowest BCUT2D eigenvalue weighted by molar-refractivity contribution is 0.184. The number of rotatable bonds is 3. The van der Waals surface area contributed by atoms with Crippen LogP contribution >= 0.6 is 0 Å². The average molecular weight is 436 g/mol. The minimum Gasteiger partial charge on any atom is -0.348 e. The van der Waals surface area contributed by atoms with Gasteiger partial charge in [0.1, 0.15) is 5.65 Å². The van der Waals surface area contributed by atoms with Gasteiger partial charge in [-0.3, -0.25) is 9.38 Å². The molecule has 33 heavy (non-hydrogen) atoms. The molecule has 3 N–H and O–H groups in total. The highest BCUT2D eigenvalue weighted by Crippen LogP contribution is 2.52. The second-order valence-electron chi connectivity index (χ2n) is 9.28. The number of benzene rings is 1. The summed E-state index contributed by atoms with van der Waals surface area (Å²) in [5, 5.41) is 8.46. The number of nitrogens with one attached hydrogen (secondary N) is 3. The number of hydrogen-bond acceptors (Lipinski definition) is 5. The fraction of sp³-hybridized carbons (Fsp3) is 0.269. The van der Waals surface area contributed by atoms with E-state index in [1.807, 2.05) is 43.1 Å². The first-order chi connectivity index (χ1) is 16.3. The zero-order valence-electron chi connectivity index (χ0n) is 18.3. The zero-order chi connectivity index (χ0) is 21.8. The topological polar surface area (TPSA) is 82.9 Å². The number of aromatic nitrogens is 5. The Morgan fingerprint density at radius 1 is 1.03 bits per heavy atom. The summed E-state index contributed by atoms with van der Waals surface area (Å²) in [6.07, 6.45) is 12.9. The molecule has 1 atom stereocenters. The van der Waals surface area contributed by atoms with Crippen LogP contribution in [0.4, 0.5) is 5.95 Å². The molecular formula is C26H25N7. The molecule has 1 aliphatic heterocycles. The second-order valence-corrected chi connectivity index (χ2v) is 9.28. The van der Waals surface area contributed by atoms with Gasteiger partial charge in [0.15, 0.2) is 5.65 Å². The lowest BCUT2D eigenvalue weighted by atomic mass is 9.73. The van der Waals surface area contributed by atoms with Gasteiger partial charge in [0.2, 0.25) is 5.95 Å². The van der Waals surface area contributed by atoms with E-state index in [4.69, 9.17) is 9.97 Å². The number of anilines is 1. The molecule has 7 nitrogen and oxygen atoms in total. The number of aromatic amines is 1. The zero-order valence-corrected chi connectivity index (χ0v) is 18.3. The Labute approximate surface area is 191 Å². The molecule has 0 radical (unpaired) electrons. The maximum Gasteiger partial charge on any atom is 0.211 e. The molecule has 4 aromatic heterocycles. The van der Waals surface area contributed by atoms with Crippen molar-refractivity contribution in [3.05, 3.63) is 78.5 Å². The van der Waals surface area contributed by atoms with Gasteiger partial charge in [-0.1, -0.05) is 24.3 Å². The average Bonchev–Trinajstić information content (AvgIpc) is 3.57. The molecule has 1 fully saturated rings. The van der Waals surface area contributed by atoms with Crippen molar-refractivity contribution in [3.8, 4) is 11.1 Å². The first kappa shape index (κ1) is 18.8. The molecule has 1 saturated heterocycles. The maximum absolute atomic E-state index is 5.06. The largest absolute Gasteiger partial charge is 0.348 e. The molecule has 0 unspecified atom stereocenters. The number of H-pyrrole nitrogens is 1. The smallest absolute Gasteiger partial charge is 0.211 e. The third-order valence-corrected chi connectivity index (χ3v) is 7.55. The van der Waals surface area contributed by atoms with Crippen LogP contribution in [0.25, 0.3) is 27.8 Å². The molecule has 5 heterocycles. The molecule has 7 rings (SSSR count).